The van der Waals surface area contributed by atoms with Gasteiger partial charge in [-0.3, -0.25) is 4.98 Å². The van der Waals surface area contributed by atoms with Crippen molar-refractivity contribution in [1.82, 2.24) is 4.98 Å². The number of nitriles is 1. The second-order valence-corrected chi connectivity index (χ2v) is 5.59. The van der Waals surface area contributed by atoms with Gasteiger partial charge in [0.2, 0.25) is 0 Å². The van der Waals surface area contributed by atoms with E-state index in [-0.39, 0.29) is 12.4 Å². The number of pyridine rings is 1. The van der Waals surface area contributed by atoms with Gasteiger partial charge in [0.1, 0.15) is 11.9 Å². The maximum Gasteiger partial charge on any atom is 0.129 e. The summed E-state index contributed by atoms with van der Waals surface area (Å²) in [6.07, 6.45) is 0. The first-order valence-electron chi connectivity index (χ1n) is 7.07. The smallest absolute Gasteiger partial charge is 0.129 e. The first kappa shape index (κ1) is 15.3. The molecule has 3 nitrogen and oxygen atoms in total. The first-order chi connectivity index (χ1) is 11.1. The molecule has 3 rings (SSSR count). The van der Waals surface area contributed by atoms with E-state index < -0.39 is 0 Å². The van der Waals surface area contributed by atoms with E-state index in [1.807, 2.05) is 19.1 Å². The van der Waals surface area contributed by atoms with E-state index in [4.69, 9.17) is 11.6 Å². The fourth-order valence-corrected chi connectivity index (χ4v) is 2.73. The van der Waals surface area contributed by atoms with Crippen molar-refractivity contribution in [3.05, 3.63) is 70.1 Å². The Kier molecular flexibility index (Phi) is 4.14. The number of nitrogens with zero attached hydrogens (tertiary/aromatic N) is 2. The molecule has 0 spiro atoms. The minimum Gasteiger partial charge on any atom is -0.380 e. The zero-order valence-electron chi connectivity index (χ0n) is 12.4. The summed E-state index contributed by atoms with van der Waals surface area (Å²) in [6.45, 7) is 2.11. The Labute approximate surface area is 138 Å². The number of hydrogen-bond acceptors (Lipinski definition) is 3. The van der Waals surface area contributed by atoms with Crippen LogP contribution in [0.1, 0.15) is 16.8 Å². The molecule has 5 heteroatoms. The molecule has 0 saturated carbocycles. The van der Waals surface area contributed by atoms with Gasteiger partial charge in [-0.1, -0.05) is 29.8 Å². The van der Waals surface area contributed by atoms with Crippen LogP contribution < -0.4 is 5.32 Å². The summed E-state index contributed by atoms with van der Waals surface area (Å²) >= 11 is 6.06. The van der Waals surface area contributed by atoms with E-state index in [1.54, 1.807) is 24.3 Å². The maximum absolute atomic E-state index is 13.9. The van der Waals surface area contributed by atoms with Gasteiger partial charge in [-0.2, -0.15) is 5.26 Å². The number of aromatic nitrogens is 1. The van der Waals surface area contributed by atoms with Crippen LogP contribution in [0.5, 0.6) is 0 Å². The summed E-state index contributed by atoms with van der Waals surface area (Å²) in [5, 5.41) is 13.6. The van der Waals surface area contributed by atoms with E-state index >= 15 is 0 Å². The van der Waals surface area contributed by atoms with Crippen molar-refractivity contribution in [3.8, 4) is 6.07 Å². The Morgan fingerprint density at radius 1 is 1.26 bits per heavy atom. The van der Waals surface area contributed by atoms with Gasteiger partial charge in [-0.15, -0.1) is 0 Å². The van der Waals surface area contributed by atoms with Crippen LogP contribution in [0.4, 0.5) is 10.1 Å². The molecule has 1 aromatic heterocycles. The summed E-state index contributed by atoms with van der Waals surface area (Å²) in [5.74, 6) is -0.349. The minimum absolute atomic E-state index is 0.251. The average molecular weight is 326 g/mol. The molecule has 2 aromatic carbocycles. The predicted molar refractivity (Wildman–Crippen MR) is 89.9 cm³/mol. The molecule has 0 saturated heterocycles. The molecule has 0 fully saturated rings. The number of para-hydroxylation sites is 1. The van der Waals surface area contributed by atoms with Crippen LogP contribution in [0.15, 0.2) is 42.5 Å². The summed E-state index contributed by atoms with van der Waals surface area (Å²) < 4.78 is 13.9. The molecule has 1 N–H and O–H groups in total. The second-order valence-electron chi connectivity index (χ2n) is 5.18. The standard InChI is InChI=1S/C18H13ClFN3/c1-11-8-17(13-5-2-4-12(9-21)18(13)23-11)22-10-14-15(19)6-3-7-16(14)20/h2-8H,10H2,1H3,(H,22,23). The van der Waals surface area contributed by atoms with E-state index in [9.17, 15) is 9.65 Å². The molecule has 0 aliphatic carbocycles. The number of nitrogens with one attached hydrogen (secondary N) is 1. The minimum atomic E-state index is -0.349. The van der Waals surface area contributed by atoms with Crippen molar-refractivity contribution in [1.29, 1.82) is 5.26 Å². The van der Waals surface area contributed by atoms with E-state index in [0.29, 0.717) is 21.7 Å². The van der Waals surface area contributed by atoms with Crippen LogP contribution in [-0.2, 0) is 6.54 Å². The number of fused-ring (bicyclic) bond motifs is 1. The lowest BCUT2D eigenvalue weighted by atomic mass is 10.1. The predicted octanol–water partition coefficient (Wildman–Crippen LogP) is 4.82. The van der Waals surface area contributed by atoms with Crippen LogP contribution in [0.25, 0.3) is 10.9 Å². The zero-order chi connectivity index (χ0) is 16.4. The highest BCUT2D eigenvalue weighted by atomic mass is 35.5. The zero-order valence-corrected chi connectivity index (χ0v) is 13.2. The summed E-state index contributed by atoms with van der Waals surface area (Å²) in [4.78, 5) is 4.43. The number of aryl methyl sites for hydroxylation is 1. The van der Waals surface area contributed by atoms with Crippen LogP contribution in [0, 0.1) is 24.1 Å². The van der Waals surface area contributed by atoms with Crippen LogP contribution >= 0.6 is 11.6 Å². The largest absolute Gasteiger partial charge is 0.380 e. The van der Waals surface area contributed by atoms with Gasteiger partial charge in [0.15, 0.2) is 0 Å². The van der Waals surface area contributed by atoms with Gasteiger partial charge in [-0.25, -0.2) is 4.39 Å². The molecule has 0 unspecified atom stereocenters. The topological polar surface area (TPSA) is 48.7 Å². The molecule has 3 aromatic rings. The third kappa shape index (κ3) is 2.96. The highest BCUT2D eigenvalue weighted by molar-refractivity contribution is 6.31. The van der Waals surface area contributed by atoms with E-state index in [2.05, 4.69) is 16.4 Å². The lowest BCUT2D eigenvalue weighted by Gasteiger charge is -2.13. The lowest BCUT2D eigenvalue weighted by Crippen LogP contribution is -2.04. The molecular formula is C18H13ClFN3. The summed E-state index contributed by atoms with van der Waals surface area (Å²) in [7, 11) is 0. The molecule has 0 radical (unpaired) electrons. The molecule has 0 amide bonds. The Morgan fingerprint density at radius 2 is 2.04 bits per heavy atom. The number of anilines is 1. The second kappa shape index (κ2) is 6.23. The normalized spacial score (nSPS) is 10.5. The fraction of sp³-hybridized carbons (Fsp3) is 0.111. The molecule has 0 aliphatic heterocycles. The highest BCUT2D eigenvalue weighted by Gasteiger charge is 2.10. The highest BCUT2D eigenvalue weighted by Crippen LogP contribution is 2.27. The van der Waals surface area contributed by atoms with Crippen molar-refractivity contribution in [2.45, 2.75) is 13.5 Å². The van der Waals surface area contributed by atoms with Gasteiger partial charge in [0, 0.05) is 33.9 Å². The monoisotopic (exact) mass is 325 g/mol. The van der Waals surface area contributed by atoms with Crippen molar-refractivity contribution >= 4 is 28.2 Å². The first-order valence-corrected chi connectivity index (χ1v) is 7.45. The van der Waals surface area contributed by atoms with Gasteiger partial charge in [-0.05, 0) is 31.2 Å². The number of rotatable bonds is 3. The summed E-state index contributed by atoms with van der Waals surface area (Å²) in [5.41, 5.74) is 3.13. The average Bonchev–Trinajstić information content (AvgIpc) is 2.53. The third-order valence-electron chi connectivity index (χ3n) is 3.61. The van der Waals surface area contributed by atoms with E-state index in [0.717, 1.165) is 16.8 Å². The number of benzene rings is 2. The van der Waals surface area contributed by atoms with Gasteiger partial charge in [0.25, 0.3) is 0 Å². The Morgan fingerprint density at radius 3 is 2.78 bits per heavy atom. The molecule has 0 aliphatic rings. The van der Waals surface area contributed by atoms with Gasteiger partial charge in [0.05, 0.1) is 11.1 Å². The number of hydrogen-bond donors (Lipinski definition) is 1. The lowest BCUT2D eigenvalue weighted by molar-refractivity contribution is 0.613. The molecule has 114 valence electrons. The fourth-order valence-electron chi connectivity index (χ4n) is 2.50. The SMILES string of the molecule is Cc1cc(NCc2c(F)cccc2Cl)c2cccc(C#N)c2n1. The van der Waals surface area contributed by atoms with E-state index in [1.165, 1.54) is 6.07 Å². The van der Waals surface area contributed by atoms with Crippen molar-refractivity contribution in [2.24, 2.45) is 0 Å². The quantitative estimate of drug-likeness (QED) is 0.751. The molecule has 0 bridgehead atoms. The Hall–Kier alpha value is -2.64. The van der Waals surface area contributed by atoms with Crippen molar-refractivity contribution in [3.63, 3.8) is 0 Å². The number of halogens is 2. The molecule has 1 heterocycles. The van der Waals surface area contributed by atoms with Crippen molar-refractivity contribution < 1.29 is 4.39 Å². The Bertz CT molecular complexity index is 911. The molecular weight excluding hydrogens is 313 g/mol. The van der Waals surface area contributed by atoms with Crippen LogP contribution in [-0.4, -0.2) is 4.98 Å². The van der Waals surface area contributed by atoms with Gasteiger partial charge < -0.3 is 5.32 Å². The van der Waals surface area contributed by atoms with Crippen molar-refractivity contribution in [2.75, 3.05) is 5.32 Å². The maximum atomic E-state index is 13.9. The van der Waals surface area contributed by atoms with Gasteiger partial charge >= 0.3 is 0 Å². The van der Waals surface area contributed by atoms with Crippen LogP contribution in [0.3, 0.4) is 0 Å². The van der Waals surface area contributed by atoms with Crippen LogP contribution in [0.2, 0.25) is 5.02 Å². The molecule has 23 heavy (non-hydrogen) atoms. The summed E-state index contributed by atoms with van der Waals surface area (Å²) in [6, 6.07) is 14.0. The molecule has 0 atom stereocenters. The Balaban J connectivity index is 2.02. The third-order valence-corrected chi connectivity index (χ3v) is 3.96.